The van der Waals surface area contributed by atoms with Crippen molar-refractivity contribution in [3.8, 4) is 0 Å². The SMILES string of the molecule is O=[PH+]O.[CH2-]C.[CH3-].[Zn+2]. The molecule has 0 aliphatic carbocycles. The van der Waals surface area contributed by atoms with E-state index in [0.29, 0.717) is 0 Å². The Labute approximate surface area is 59.4 Å². The van der Waals surface area contributed by atoms with Crippen LogP contribution in [0.3, 0.4) is 0 Å². The molecule has 0 fully saturated rings. The zero-order valence-corrected chi connectivity index (χ0v) is 8.74. The van der Waals surface area contributed by atoms with Gasteiger partial charge in [-0.15, -0.1) is 0 Å². The molecule has 40 valence electrons. The second kappa shape index (κ2) is 76.2. The van der Waals surface area contributed by atoms with Gasteiger partial charge < -0.3 is 14.4 Å². The third kappa shape index (κ3) is 314. The maximum absolute atomic E-state index is 8.51. The molecule has 0 radical (unpaired) electrons. The molecule has 0 aromatic heterocycles. The first-order chi connectivity index (χ1) is 2.41. The molecule has 0 aliphatic rings. The number of hydrogen-bond acceptors (Lipinski definition) is 1. The first-order valence-electron chi connectivity index (χ1n) is 1.13. The number of rotatable bonds is 0. The first-order valence-corrected chi connectivity index (χ1v) is 1.99. The Morgan fingerprint density at radius 3 is 1.57 bits per heavy atom. The van der Waals surface area contributed by atoms with Crippen LogP contribution in [0, 0.1) is 14.4 Å². The predicted molar refractivity (Wildman–Crippen MR) is 28.7 cm³/mol. The van der Waals surface area contributed by atoms with Gasteiger partial charge >= 0.3 is 28.2 Å². The smallest absolute Gasteiger partial charge is 0.358 e. The van der Waals surface area contributed by atoms with Gasteiger partial charge in [-0.2, -0.15) is 11.8 Å². The quantitative estimate of drug-likeness (QED) is 0.340. The Hall–Kier alpha value is 0.683. The summed E-state index contributed by atoms with van der Waals surface area (Å²) in [4.78, 5) is 7.04. The zero-order chi connectivity index (χ0) is 4.71. The molecule has 0 rings (SSSR count). The van der Waals surface area contributed by atoms with Gasteiger partial charge in [-0.25, -0.2) is 0 Å². The van der Waals surface area contributed by atoms with Gasteiger partial charge in [0, 0.05) is 0 Å². The van der Waals surface area contributed by atoms with E-state index in [1.165, 1.54) is 0 Å². The largest absolute Gasteiger partial charge is 2.00 e. The third-order valence-corrected chi connectivity index (χ3v) is 0. The summed E-state index contributed by atoms with van der Waals surface area (Å²) < 4.78 is 8.51. The van der Waals surface area contributed by atoms with E-state index in [9.17, 15) is 0 Å². The summed E-state index contributed by atoms with van der Waals surface area (Å²) in [7, 11) is -1.17. The van der Waals surface area contributed by atoms with E-state index >= 15 is 0 Å². The average molecular weight is 174 g/mol. The molecule has 0 amide bonds. The minimum absolute atomic E-state index is 0. The fourth-order valence-electron chi connectivity index (χ4n) is 0. The van der Waals surface area contributed by atoms with Gasteiger partial charge in [-0.3, -0.25) is 0 Å². The minimum atomic E-state index is -1.17. The molecule has 1 N–H and O–H groups in total. The van der Waals surface area contributed by atoms with Crippen molar-refractivity contribution < 1.29 is 28.9 Å². The third-order valence-electron chi connectivity index (χ3n) is 0. The van der Waals surface area contributed by atoms with Crippen molar-refractivity contribution in [3.05, 3.63) is 14.4 Å². The molecule has 4 heteroatoms. The normalized spacial score (nSPS) is 3.86. The molecular weight excluding hydrogens is 164 g/mol. The van der Waals surface area contributed by atoms with Gasteiger partial charge in [0.05, 0.1) is 0 Å². The molecule has 0 bridgehead atoms. The monoisotopic (exact) mass is 173 g/mol. The summed E-state index contributed by atoms with van der Waals surface area (Å²) >= 11 is 0. The zero-order valence-electron chi connectivity index (χ0n) is 4.77. The Balaban J connectivity index is -0.0000000105. The predicted octanol–water partition coefficient (Wildman–Crippen LogP) is 1.21. The molecule has 0 saturated heterocycles. The Morgan fingerprint density at radius 1 is 1.57 bits per heavy atom. The van der Waals surface area contributed by atoms with Crippen LogP contribution in [-0.4, -0.2) is 4.89 Å². The van der Waals surface area contributed by atoms with Crippen LogP contribution < -0.4 is 0 Å². The topological polar surface area (TPSA) is 37.3 Å². The van der Waals surface area contributed by atoms with Crippen molar-refractivity contribution >= 4 is 8.69 Å². The van der Waals surface area contributed by atoms with Crippen LogP contribution in [0.1, 0.15) is 6.92 Å². The van der Waals surface area contributed by atoms with Gasteiger partial charge in [-0.1, -0.05) is 0 Å². The molecule has 0 heterocycles. The Kier molecular flexibility index (Phi) is 275. The average Bonchev–Trinajstić information content (AvgIpc) is 1.46. The molecule has 0 spiro atoms. The van der Waals surface area contributed by atoms with Crippen LogP contribution in [-0.2, 0) is 24.0 Å². The van der Waals surface area contributed by atoms with Crippen LogP contribution in [0.4, 0.5) is 0 Å². The van der Waals surface area contributed by atoms with E-state index in [1.54, 1.807) is 6.92 Å². The van der Waals surface area contributed by atoms with Gasteiger partial charge in [-0.05, 0) is 4.57 Å². The summed E-state index contributed by atoms with van der Waals surface area (Å²) in [5.41, 5.74) is 0. The van der Waals surface area contributed by atoms with Crippen LogP contribution in [0.5, 0.6) is 0 Å². The summed E-state index contributed by atoms with van der Waals surface area (Å²) in [5, 5.41) is 0. The Bertz CT molecular complexity index is 20.4. The molecule has 1 atom stereocenters. The van der Waals surface area contributed by atoms with Crippen molar-refractivity contribution in [3.63, 3.8) is 0 Å². The Morgan fingerprint density at radius 2 is 1.57 bits per heavy atom. The maximum Gasteiger partial charge on any atom is 2.00 e. The molecule has 1 unspecified atom stereocenters. The second-order valence-electron chi connectivity index (χ2n) is 0.0913. The van der Waals surface area contributed by atoms with E-state index in [-0.39, 0.29) is 26.9 Å². The van der Waals surface area contributed by atoms with E-state index in [1.807, 2.05) is 0 Å². The van der Waals surface area contributed by atoms with Crippen molar-refractivity contribution in [2.24, 2.45) is 0 Å². The summed E-state index contributed by atoms with van der Waals surface area (Å²) in [6.07, 6.45) is 0. The van der Waals surface area contributed by atoms with Crippen LogP contribution >= 0.6 is 8.69 Å². The molecule has 0 saturated carbocycles. The standard InChI is InChI=1S/C2H5.CH3.HO2P.Zn/c1-2;;1-3-2;/h1H2,2H3;1H3;3H;/q2*-1;;+2/p+1. The molecule has 2 nitrogen and oxygen atoms in total. The fraction of sp³-hybridized carbons (Fsp3) is 0.333. The molecule has 0 aromatic rings. The molecule has 7 heavy (non-hydrogen) atoms. The van der Waals surface area contributed by atoms with E-state index in [0.717, 1.165) is 0 Å². The molecular formula is C3H10O2PZn+. The second-order valence-corrected chi connectivity index (χ2v) is 0.274. The molecule has 0 aliphatic heterocycles. The van der Waals surface area contributed by atoms with Gasteiger partial charge in [0.25, 0.3) is 0 Å². The maximum atomic E-state index is 8.51. The van der Waals surface area contributed by atoms with E-state index < -0.39 is 8.69 Å². The van der Waals surface area contributed by atoms with Crippen molar-refractivity contribution in [2.75, 3.05) is 0 Å². The van der Waals surface area contributed by atoms with E-state index in [4.69, 9.17) is 9.46 Å². The summed E-state index contributed by atoms with van der Waals surface area (Å²) in [6, 6.07) is 0. The van der Waals surface area contributed by atoms with Gasteiger partial charge in [0.1, 0.15) is 0 Å². The van der Waals surface area contributed by atoms with Crippen molar-refractivity contribution in [1.82, 2.24) is 0 Å². The van der Waals surface area contributed by atoms with Crippen LogP contribution in [0.25, 0.3) is 0 Å². The fourth-order valence-corrected chi connectivity index (χ4v) is 0. The number of hydrogen-bond donors (Lipinski definition) is 1. The van der Waals surface area contributed by atoms with Crippen LogP contribution in [0.15, 0.2) is 0 Å². The minimum Gasteiger partial charge on any atom is -0.358 e. The van der Waals surface area contributed by atoms with Crippen molar-refractivity contribution in [2.45, 2.75) is 6.92 Å². The molecule has 0 aromatic carbocycles. The first kappa shape index (κ1) is 25.3. The summed E-state index contributed by atoms with van der Waals surface area (Å²) in [6.45, 7) is 5.00. The van der Waals surface area contributed by atoms with Gasteiger partial charge in [0.15, 0.2) is 0 Å². The van der Waals surface area contributed by atoms with Crippen molar-refractivity contribution in [1.29, 1.82) is 0 Å². The van der Waals surface area contributed by atoms with E-state index in [2.05, 4.69) is 6.92 Å². The van der Waals surface area contributed by atoms with Crippen LogP contribution in [0.2, 0.25) is 0 Å². The summed E-state index contributed by atoms with van der Waals surface area (Å²) in [5.74, 6) is 0. The van der Waals surface area contributed by atoms with Gasteiger partial charge in [0.2, 0.25) is 0 Å².